The summed E-state index contributed by atoms with van der Waals surface area (Å²) < 4.78 is 11.5. The summed E-state index contributed by atoms with van der Waals surface area (Å²) in [6, 6.07) is 6.58. The Kier molecular flexibility index (Phi) is 7.06. The minimum absolute atomic E-state index is 0.0739. The molecule has 1 unspecified atom stereocenters. The van der Waals surface area contributed by atoms with Crippen LogP contribution in [0, 0.1) is 13.8 Å². The zero-order chi connectivity index (χ0) is 14.3. The maximum Gasteiger partial charge on any atom is 0.176 e. The predicted molar refractivity (Wildman–Crippen MR) is 79.4 cm³/mol. The molecule has 0 aromatic heterocycles. The highest BCUT2D eigenvalue weighted by Crippen LogP contribution is 2.24. The van der Waals surface area contributed by atoms with E-state index in [1.165, 1.54) is 16.7 Å². The zero-order valence-corrected chi connectivity index (χ0v) is 12.8. The number of nitrogens with one attached hydrogen (secondary N) is 1. The van der Waals surface area contributed by atoms with Crippen LogP contribution in [0.4, 0.5) is 0 Å². The Bertz CT molecular complexity index is 373. The third-order valence-electron chi connectivity index (χ3n) is 3.13. The summed E-state index contributed by atoms with van der Waals surface area (Å²) in [4.78, 5) is 0. The summed E-state index contributed by atoms with van der Waals surface area (Å²) in [5.74, 6) is 0. The van der Waals surface area contributed by atoms with Gasteiger partial charge in [-0.3, -0.25) is 0 Å². The van der Waals surface area contributed by atoms with E-state index in [0.717, 1.165) is 6.54 Å². The normalized spacial score (nSPS) is 12.9. The molecule has 1 N–H and O–H groups in total. The van der Waals surface area contributed by atoms with Crippen molar-refractivity contribution >= 4 is 0 Å². The second-order valence-corrected chi connectivity index (χ2v) is 4.67. The Balaban J connectivity index is 3.05. The van der Waals surface area contributed by atoms with Crippen LogP contribution in [-0.2, 0) is 9.47 Å². The van der Waals surface area contributed by atoms with Crippen LogP contribution in [-0.4, -0.2) is 26.0 Å². The monoisotopic (exact) mass is 265 g/mol. The summed E-state index contributed by atoms with van der Waals surface area (Å²) in [5, 5.41) is 3.49. The van der Waals surface area contributed by atoms with Gasteiger partial charge in [0.05, 0.1) is 6.04 Å². The van der Waals surface area contributed by atoms with Gasteiger partial charge in [-0.05, 0) is 45.4 Å². The van der Waals surface area contributed by atoms with Gasteiger partial charge < -0.3 is 14.8 Å². The standard InChI is InChI=1S/C16H27NO2/c1-6-17-15(16(18-7-2)19-8-3)14-11-12(4)9-10-13(14)5/h9-11,15-17H,6-8H2,1-5H3. The first-order valence-corrected chi connectivity index (χ1v) is 7.17. The van der Waals surface area contributed by atoms with Crippen molar-refractivity contribution in [2.45, 2.75) is 47.0 Å². The smallest absolute Gasteiger partial charge is 0.176 e. The average molecular weight is 265 g/mol. The number of aryl methyl sites for hydroxylation is 2. The van der Waals surface area contributed by atoms with Crippen LogP contribution in [0.1, 0.15) is 43.5 Å². The van der Waals surface area contributed by atoms with Crippen LogP contribution in [0.15, 0.2) is 18.2 Å². The number of ether oxygens (including phenoxy) is 2. The van der Waals surface area contributed by atoms with Gasteiger partial charge in [-0.25, -0.2) is 0 Å². The second-order valence-electron chi connectivity index (χ2n) is 4.67. The molecule has 0 aliphatic rings. The lowest BCUT2D eigenvalue weighted by Gasteiger charge is -2.29. The van der Waals surface area contributed by atoms with E-state index in [4.69, 9.17) is 9.47 Å². The fourth-order valence-corrected chi connectivity index (χ4v) is 2.24. The number of benzene rings is 1. The topological polar surface area (TPSA) is 30.5 Å². The molecule has 1 atom stereocenters. The molecule has 0 fully saturated rings. The quantitative estimate of drug-likeness (QED) is 0.731. The van der Waals surface area contributed by atoms with Crippen LogP contribution in [0.2, 0.25) is 0 Å². The van der Waals surface area contributed by atoms with Gasteiger partial charge in [-0.2, -0.15) is 0 Å². The maximum atomic E-state index is 5.76. The Morgan fingerprint density at radius 2 is 1.68 bits per heavy atom. The molecule has 0 aliphatic carbocycles. The first kappa shape index (κ1) is 16.2. The van der Waals surface area contributed by atoms with E-state index >= 15 is 0 Å². The zero-order valence-electron chi connectivity index (χ0n) is 12.8. The SMILES string of the molecule is CCNC(c1cc(C)ccc1C)C(OCC)OCC. The van der Waals surface area contributed by atoms with Crippen molar-refractivity contribution in [3.8, 4) is 0 Å². The molecule has 3 nitrogen and oxygen atoms in total. The number of rotatable bonds is 8. The van der Waals surface area contributed by atoms with Crippen molar-refractivity contribution in [2.75, 3.05) is 19.8 Å². The molecule has 0 aliphatic heterocycles. The summed E-state index contributed by atoms with van der Waals surface area (Å²) >= 11 is 0. The molecule has 0 radical (unpaired) electrons. The van der Waals surface area contributed by atoms with Crippen molar-refractivity contribution < 1.29 is 9.47 Å². The minimum Gasteiger partial charge on any atom is -0.351 e. The lowest BCUT2D eigenvalue weighted by atomic mass is 9.98. The fourth-order valence-electron chi connectivity index (χ4n) is 2.24. The Hall–Kier alpha value is -0.900. The van der Waals surface area contributed by atoms with Crippen molar-refractivity contribution in [1.82, 2.24) is 5.32 Å². The van der Waals surface area contributed by atoms with E-state index in [0.29, 0.717) is 13.2 Å². The first-order valence-electron chi connectivity index (χ1n) is 7.17. The van der Waals surface area contributed by atoms with E-state index in [2.05, 4.69) is 44.3 Å². The lowest BCUT2D eigenvalue weighted by molar-refractivity contribution is -0.155. The Morgan fingerprint density at radius 1 is 1.05 bits per heavy atom. The van der Waals surface area contributed by atoms with Crippen molar-refractivity contribution in [3.05, 3.63) is 34.9 Å². The van der Waals surface area contributed by atoms with Gasteiger partial charge in [-0.1, -0.05) is 30.7 Å². The summed E-state index contributed by atoms with van der Waals surface area (Å²) in [5.41, 5.74) is 3.78. The molecule has 0 spiro atoms. The highest BCUT2D eigenvalue weighted by molar-refractivity contribution is 5.33. The Labute approximate surface area is 117 Å². The van der Waals surface area contributed by atoms with E-state index < -0.39 is 0 Å². The van der Waals surface area contributed by atoms with Gasteiger partial charge in [0, 0.05) is 13.2 Å². The van der Waals surface area contributed by atoms with Crippen LogP contribution in [0.25, 0.3) is 0 Å². The molecule has 108 valence electrons. The number of hydrogen-bond donors (Lipinski definition) is 1. The highest BCUT2D eigenvalue weighted by atomic mass is 16.7. The molecule has 0 bridgehead atoms. The molecule has 0 amide bonds. The van der Waals surface area contributed by atoms with Gasteiger partial charge in [0.2, 0.25) is 0 Å². The van der Waals surface area contributed by atoms with Crippen molar-refractivity contribution in [3.63, 3.8) is 0 Å². The average Bonchev–Trinajstić information content (AvgIpc) is 2.39. The maximum absolute atomic E-state index is 5.76. The van der Waals surface area contributed by atoms with Gasteiger partial charge >= 0.3 is 0 Å². The third-order valence-corrected chi connectivity index (χ3v) is 3.13. The van der Waals surface area contributed by atoms with Crippen molar-refractivity contribution in [1.29, 1.82) is 0 Å². The van der Waals surface area contributed by atoms with Gasteiger partial charge in [0.1, 0.15) is 0 Å². The van der Waals surface area contributed by atoms with E-state index in [1.807, 2.05) is 13.8 Å². The fraction of sp³-hybridized carbons (Fsp3) is 0.625. The van der Waals surface area contributed by atoms with E-state index in [-0.39, 0.29) is 12.3 Å². The third kappa shape index (κ3) is 4.60. The predicted octanol–water partition coefficient (Wildman–Crippen LogP) is 3.35. The largest absolute Gasteiger partial charge is 0.351 e. The summed E-state index contributed by atoms with van der Waals surface area (Å²) in [6.07, 6.45) is -0.240. The van der Waals surface area contributed by atoms with Crippen LogP contribution in [0.3, 0.4) is 0 Å². The molecule has 1 rings (SSSR count). The molecule has 1 aromatic rings. The highest BCUT2D eigenvalue weighted by Gasteiger charge is 2.24. The van der Waals surface area contributed by atoms with Gasteiger partial charge in [0.25, 0.3) is 0 Å². The van der Waals surface area contributed by atoms with Crippen LogP contribution >= 0.6 is 0 Å². The first-order chi connectivity index (χ1) is 9.13. The second kappa shape index (κ2) is 8.31. The van der Waals surface area contributed by atoms with Crippen molar-refractivity contribution in [2.24, 2.45) is 0 Å². The van der Waals surface area contributed by atoms with Crippen LogP contribution < -0.4 is 5.32 Å². The molecular weight excluding hydrogens is 238 g/mol. The van der Waals surface area contributed by atoms with Gasteiger partial charge in [0.15, 0.2) is 6.29 Å². The summed E-state index contributed by atoms with van der Waals surface area (Å²) in [7, 11) is 0. The lowest BCUT2D eigenvalue weighted by Crippen LogP contribution is -2.36. The number of likely N-dealkylation sites (N-methyl/N-ethyl adjacent to an activating group) is 1. The molecule has 1 aromatic carbocycles. The molecule has 3 heteroatoms. The minimum atomic E-state index is -0.240. The summed E-state index contributed by atoms with van der Waals surface area (Å²) in [6.45, 7) is 12.5. The van der Waals surface area contributed by atoms with Crippen LogP contribution in [0.5, 0.6) is 0 Å². The van der Waals surface area contributed by atoms with E-state index in [1.54, 1.807) is 0 Å². The molecule has 19 heavy (non-hydrogen) atoms. The van der Waals surface area contributed by atoms with E-state index in [9.17, 15) is 0 Å². The van der Waals surface area contributed by atoms with Gasteiger partial charge in [-0.15, -0.1) is 0 Å². The molecule has 0 saturated heterocycles. The number of hydrogen-bond acceptors (Lipinski definition) is 3. The molecule has 0 heterocycles. The Morgan fingerprint density at radius 3 is 2.21 bits per heavy atom. The molecular formula is C16H27NO2. The molecule has 0 saturated carbocycles.